The maximum Gasteiger partial charge on any atom is 0.119 e. The van der Waals surface area contributed by atoms with Gasteiger partial charge in [-0.3, -0.25) is 0 Å². The molecule has 0 saturated carbocycles. The Morgan fingerprint density at radius 1 is 0.955 bits per heavy atom. The van der Waals surface area contributed by atoms with Crippen LogP contribution in [-0.4, -0.2) is 13.2 Å². The Morgan fingerprint density at radius 3 is 2.14 bits per heavy atom. The summed E-state index contributed by atoms with van der Waals surface area (Å²) in [5.74, 6) is 1.51. The molecule has 0 radical (unpaired) electrons. The number of nitrogens with zero attached hydrogens (tertiary/aromatic N) is 1. The average molecular weight is 295 g/mol. The van der Waals surface area contributed by atoms with Crippen molar-refractivity contribution in [2.45, 2.75) is 26.2 Å². The first-order valence-electron chi connectivity index (χ1n) is 7.54. The lowest BCUT2D eigenvalue weighted by atomic mass is 9.97. The quantitative estimate of drug-likeness (QED) is 0.757. The van der Waals surface area contributed by atoms with Crippen LogP contribution in [0.25, 0.3) is 0 Å². The Bertz CT molecular complexity index is 611. The third-order valence-corrected chi connectivity index (χ3v) is 3.45. The number of rotatable bonds is 7. The molecule has 2 aromatic rings. The number of aryl methyl sites for hydroxylation is 1. The van der Waals surface area contributed by atoms with Gasteiger partial charge in [0.2, 0.25) is 0 Å². The molecule has 0 fully saturated rings. The van der Waals surface area contributed by atoms with Crippen LogP contribution in [-0.2, 0) is 0 Å². The van der Waals surface area contributed by atoms with E-state index < -0.39 is 0 Å². The molecule has 0 N–H and O–H groups in total. The third-order valence-electron chi connectivity index (χ3n) is 3.45. The van der Waals surface area contributed by atoms with Crippen molar-refractivity contribution in [3.63, 3.8) is 0 Å². The minimum Gasteiger partial charge on any atom is -0.494 e. The van der Waals surface area contributed by atoms with Gasteiger partial charge in [0.15, 0.2) is 0 Å². The van der Waals surface area contributed by atoms with E-state index in [1.165, 1.54) is 5.56 Å². The average Bonchev–Trinajstić information content (AvgIpc) is 2.55. The predicted molar refractivity (Wildman–Crippen MR) is 87.3 cm³/mol. The first-order chi connectivity index (χ1) is 10.7. The molecule has 0 aromatic heterocycles. The second-order valence-corrected chi connectivity index (χ2v) is 5.13. The van der Waals surface area contributed by atoms with Crippen LogP contribution in [0.2, 0.25) is 0 Å². The Labute approximate surface area is 132 Å². The fourth-order valence-electron chi connectivity index (χ4n) is 2.20. The first-order valence-corrected chi connectivity index (χ1v) is 7.54. The second kappa shape index (κ2) is 8.09. The molecule has 3 heteroatoms. The summed E-state index contributed by atoms with van der Waals surface area (Å²) in [6.45, 7) is 5.16. The molecule has 1 unspecified atom stereocenters. The number of benzene rings is 2. The zero-order valence-corrected chi connectivity index (χ0v) is 13.1. The zero-order valence-electron chi connectivity index (χ0n) is 13.1. The molecule has 0 aliphatic carbocycles. The van der Waals surface area contributed by atoms with Crippen molar-refractivity contribution in [3.05, 3.63) is 59.7 Å². The maximum absolute atomic E-state index is 9.35. The van der Waals surface area contributed by atoms with Gasteiger partial charge in [0.05, 0.1) is 25.2 Å². The van der Waals surface area contributed by atoms with Crippen LogP contribution >= 0.6 is 0 Å². The van der Waals surface area contributed by atoms with Crippen LogP contribution in [0, 0.1) is 18.3 Å². The molecule has 2 aromatic carbocycles. The molecule has 2 rings (SSSR count). The van der Waals surface area contributed by atoms with Crippen molar-refractivity contribution in [1.29, 1.82) is 5.26 Å². The molecule has 0 heterocycles. The zero-order chi connectivity index (χ0) is 15.8. The summed E-state index contributed by atoms with van der Waals surface area (Å²) in [4.78, 5) is 0. The van der Waals surface area contributed by atoms with Gasteiger partial charge in [-0.05, 0) is 43.7 Å². The van der Waals surface area contributed by atoms with Crippen LogP contribution in [0.3, 0.4) is 0 Å². The largest absolute Gasteiger partial charge is 0.494 e. The van der Waals surface area contributed by atoms with Crippen molar-refractivity contribution in [1.82, 2.24) is 0 Å². The predicted octanol–water partition coefficient (Wildman–Crippen LogP) is 4.47. The van der Waals surface area contributed by atoms with Gasteiger partial charge in [-0.15, -0.1) is 0 Å². The SMILES string of the molecule is CCOc1ccc(C(C#N)CCOc2ccc(C)cc2)cc1. The van der Waals surface area contributed by atoms with Crippen molar-refractivity contribution in [3.8, 4) is 17.6 Å². The van der Waals surface area contributed by atoms with Gasteiger partial charge in [0.25, 0.3) is 0 Å². The summed E-state index contributed by atoms with van der Waals surface area (Å²) in [5.41, 5.74) is 2.20. The summed E-state index contributed by atoms with van der Waals surface area (Å²) < 4.78 is 11.1. The topological polar surface area (TPSA) is 42.2 Å². The lowest BCUT2D eigenvalue weighted by Crippen LogP contribution is -2.04. The lowest BCUT2D eigenvalue weighted by molar-refractivity contribution is 0.306. The molecular formula is C19H21NO2. The summed E-state index contributed by atoms with van der Waals surface area (Å²) >= 11 is 0. The van der Waals surface area contributed by atoms with Crippen molar-refractivity contribution in [2.24, 2.45) is 0 Å². The van der Waals surface area contributed by atoms with Gasteiger partial charge in [0, 0.05) is 6.42 Å². The molecular weight excluding hydrogens is 274 g/mol. The van der Waals surface area contributed by atoms with Crippen LogP contribution < -0.4 is 9.47 Å². The third kappa shape index (κ3) is 4.53. The highest BCUT2D eigenvalue weighted by molar-refractivity contribution is 5.32. The Morgan fingerprint density at radius 2 is 1.55 bits per heavy atom. The molecule has 1 atom stereocenters. The number of nitriles is 1. The van der Waals surface area contributed by atoms with Crippen LogP contribution in [0.15, 0.2) is 48.5 Å². The molecule has 22 heavy (non-hydrogen) atoms. The summed E-state index contributed by atoms with van der Waals surface area (Å²) in [6, 6.07) is 18.0. The fraction of sp³-hybridized carbons (Fsp3) is 0.316. The van der Waals surface area contributed by atoms with E-state index in [1.54, 1.807) is 0 Å². The highest BCUT2D eigenvalue weighted by atomic mass is 16.5. The van der Waals surface area contributed by atoms with E-state index in [4.69, 9.17) is 9.47 Å². The van der Waals surface area contributed by atoms with Gasteiger partial charge in [-0.1, -0.05) is 29.8 Å². The monoisotopic (exact) mass is 295 g/mol. The van der Waals surface area contributed by atoms with Gasteiger partial charge in [-0.2, -0.15) is 5.26 Å². The highest BCUT2D eigenvalue weighted by Crippen LogP contribution is 2.22. The number of ether oxygens (including phenoxy) is 2. The first kappa shape index (κ1) is 15.9. The summed E-state index contributed by atoms with van der Waals surface area (Å²) in [5, 5.41) is 9.35. The number of hydrogen-bond acceptors (Lipinski definition) is 3. The summed E-state index contributed by atoms with van der Waals surface area (Å²) in [6.07, 6.45) is 0.665. The van der Waals surface area contributed by atoms with E-state index >= 15 is 0 Å². The van der Waals surface area contributed by atoms with Crippen molar-refractivity contribution < 1.29 is 9.47 Å². The molecule has 0 aliphatic rings. The lowest BCUT2D eigenvalue weighted by Gasteiger charge is -2.12. The van der Waals surface area contributed by atoms with Gasteiger partial charge in [-0.25, -0.2) is 0 Å². The van der Waals surface area contributed by atoms with E-state index in [2.05, 4.69) is 6.07 Å². The van der Waals surface area contributed by atoms with Gasteiger partial charge in [0.1, 0.15) is 11.5 Å². The van der Waals surface area contributed by atoms with Crippen LogP contribution in [0.4, 0.5) is 0 Å². The minimum atomic E-state index is -0.166. The van der Waals surface area contributed by atoms with Crippen molar-refractivity contribution in [2.75, 3.05) is 13.2 Å². The maximum atomic E-state index is 9.35. The Hall–Kier alpha value is -2.47. The molecule has 0 saturated heterocycles. The normalized spacial score (nSPS) is 11.5. The standard InChI is InChI=1S/C19H21NO2/c1-3-21-18-10-6-16(7-11-18)17(14-20)12-13-22-19-8-4-15(2)5-9-19/h4-11,17H,3,12-13H2,1-2H3. The Kier molecular flexibility index (Phi) is 5.85. The molecule has 0 bridgehead atoms. The van der Waals surface area contributed by atoms with Crippen LogP contribution in [0.1, 0.15) is 30.4 Å². The second-order valence-electron chi connectivity index (χ2n) is 5.13. The minimum absolute atomic E-state index is 0.166. The molecule has 0 aliphatic heterocycles. The van der Waals surface area contributed by atoms with Crippen molar-refractivity contribution >= 4 is 0 Å². The van der Waals surface area contributed by atoms with E-state index in [0.717, 1.165) is 17.1 Å². The van der Waals surface area contributed by atoms with E-state index in [1.807, 2.05) is 62.4 Å². The van der Waals surface area contributed by atoms with E-state index in [-0.39, 0.29) is 5.92 Å². The molecule has 0 spiro atoms. The van der Waals surface area contributed by atoms with Crippen LogP contribution in [0.5, 0.6) is 11.5 Å². The number of hydrogen-bond donors (Lipinski definition) is 0. The van der Waals surface area contributed by atoms with E-state index in [9.17, 15) is 5.26 Å². The highest BCUT2D eigenvalue weighted by Gasteiger charge is 2.11. The molecule has 3 nitrogen and oxygen atoms in total. The molecule has 114 valence electrons. The summed E-state index contributed by atoms with van der Waals surface area (Å²) in [7, 11) is 0. The fourth-order valence-corrected chi connectivity index (χ4v) is 2.20. The van der Waals surface area contributed by atoms with E-state index in [0.29, 0.717) is 19.6 Å². The smallest absolute Gasteiger partial charge is 0.119 e. The Balaban J connectivity index is 1.89. The van der Waals surface area contributed by atoms with Gasteiger partial charge >= 0.3 is 0 Å². The van der Waals surface area contributed by atoms with Gasteiger partial charge < -0.3 is 9.47 Å². The molecule has 0 amide bonds.